The third kappa shape index (κ3) is 1.20. The lowest BCUT2D eigenvalue weighted by Crippen LogP contribution is -2.67. The van der Waals surface area contributed by atoms with Gasteiger partial charge < -0.3 is 12.9 Å². The predicted octanol–water partition coefficient (Wildman–Crippen LogP) is 4.16. The molecule has 3 aliphatic rings. The Hall–Kier alpha value is -0.995. The Morgan fingerprint density at radius 1 is 1.12 bits per heavy atom. The van der Waals surface area contributed by atoms with Gasteiger partial charge >= 0.3 is 6.98 Å². The van der Waals surface area contributed by atoms with Gasteiger partial charge in [0, 0.05) is 0 Å². The van der Waals surface area contributed by atoms with Crippen LogP contribution in [0.15, 0.2) is 18.2 Å². The molecule has 0 amide bonds. The fourth-order valence-corrected chi connectivity index (χ4v) is 3.78. The van der Waals surface area contributed by atoms with Gasteiger partial charge in [0.1, 0.15) is 5.82 Å². The van der Waals surface area contributed by atoms with E-state index >= 15 is 0 Å². The average Bonchev–Trinajstić information content (AvgIpc) is 2.03. The molecule has 2 bridgehead atoms. The topological polar surface area (TPSA) is 0 Å². The lowest BCUT2D eigenvalue weighted by Gasteiger charge is -2.75. The Morgan fingerprint density at radius 3 is 2.18 bits per heavy atom. The standard InChI is InChI=1S/C12H12BF4/c1-8-3-2-4-9(14)10(8)11-5-12(6-11,7-11)13(15,16)17/h2-4H,5-7H2,1H3/q-1. The zero-order valence-corrected chi connectivity index (χ0v) is 9.44. The molecule has 0 atom stereocenters. The summed E-state index contributed by atoms with van der Waals surface area (Å²) >= 11 is 0. The summed E-state index contributed by atoms with van der Waals surface area (Å²) in [5.74, 6) is -0.354. The van der Waals surface area contributed by atoms with Crippen LogP contribution in [0.2, 0.25) is 5.31 Å². The van der Waals surface area contributed by atoms with Gasteiger partial charge in [0.2, 0.25) is 0 Å². The minimum atomic E-state index is -4.78. The monoisotopic (exact) mass is 243 g/mol. The summed E-state index contributed by atoms with van der Waals surface area (Å²) < 4.78 is 52.1. The van der Waals surface area contributed by atoms with E-state index in [2.05, 4.69) is 0 Å². The van der Waals surface area contributed by atoms with Crippen molar-refractivity contribution in [3.63, 3.8) is 0 Å². The Labute approximate surface area is 97.1 Å². The molecule has 0 N–H and O–H groups in total. The van der Waals surface area contributed by atoms with Crippen LogP contribution >= 0.6 is 0 Å². The normalized spacial score (nSPS) is 35.1. The van der Waals surface area contributed by atoms with Crippen LogP contribution in [0, 0.1) is 12.7 Å². The summed E-state index contributed by atoms with van der Waals surface area (Å²) in [6, 6.07) is 4.71. The number of halogens is 4. The van der Waals surface area contributed by atoms with Crippen LogP contribution in [0.25, 0.3) is 0 Å². The van der Waals surface area contributed by atoms with E-state index in [0.29, 0.717) is 5.56 Å². The van der Waals surface area contributed by atoms with E-state index in [1.165, 1.54) is 6.07 Å². The van der Waals surface area contributed by atoms with Crippen molar-refractivity contribution in [2.24, 2.45) is 0 Å². The molecule has 92 valence electrons. The molecule has 0 saturated heterocycles. The van der Waals surface area contributed by atoms with Gasteiger partial charge in [-0.1, -0.05) is 36.7 Å². The van der Waals surface area contributed by atoms with E-state index in [9.17, 15) is 17.3 Å². The molecule has 0 spiro atoms. The van der Waals surface area contributed by atoms with Crippen molar-refractivity contribution in [2.75, 3.05) is 0 Å². The van der Waals surface area contributed by atoms with Crippen LogP contribution in [-0.4, -0.2) is 6.98 Å². The Bertz CT molecular complexity index is 452. The molecule has 3 fully saturated rings. The highest BCUT2D eigenvalue weighted by molar-refractivity contribution is 6.63. The van der Waals surface area contributed by atoms with Crippen LogP contribution in [-0.2, 0) is 5.41 Å². The fraction of sp³-hybridized carbons (Fsp3) is 0.500. The van der Waals surface area contributed by atoms with Gasteiger partial charge in [0.05, 0.1) is 0 Å². The lowest BCUT2D eigenvalue weighted by molar-refractivity contribution is -0.0428. The van der Waals surface area contributed by atoms with Crippen molar-refractivity contribution in [3.05, 3.63) is 35.1 Å². The van der Waals surface area contributed by atoms with Crippen LogP contribution < -0.4 is 0 Å². The molecule has 0 aromatic heterocycles. The molecular formula is C12H12BF4-. The summed E-state index contributed by atoms with van der Waals surface area (Å²) in [4.78, 5) is 0. The first kappa shape index (κ1) is 11.1. The molecule has 0 aliphatic heterocycles. The Balaban J connectivity index is 1.93. The van der Waals surface area contributed by atoms with Crippen molar-refractivity contribution < 1.29 is 17.3 Å². The number of aryl methyl sites for hydroxylation is 1. The average molecular weight is 243 g/mol. The van der Waals surface area contributed by atoms with Crippen molar-refractivity contribution >= 4 is 6.98 Å². The molecule has 5 heteroatoms. The molecular weight excluding hydrogens is 231 g/mol. The minimum absolute atomic E-state index is 0.0886. The molecule has 1 aromatic carbocycles. The molecule has 3 aliphatic carbocycles. The maximum atomic E-state index is 13.7. The van der Waals surface area contributed by atoms with E-state index in [-0.39, 0.29) is 25.1 Å². The van der Waals surface area contributed by atoms with Crippen molar-refractivity contribution in [1.29, 1.82) is 0 Å². The van der Waals surface area contributed by atoms with Gasteiger partial charge in [-0.2, -0.15) is 0 Å². The highest BCUT2D eigenvalue weighted by atomic mass is 19.4. The van der Waals surface area contributed by atoms with Crippen LogP contribution in [0.4, 0.5) is 17.3 Å². The Morgan fingerprint density at radius 2 is 1.71 bits per heavy atom. The molecule has 1 aromatic rings. The van der Waals surface area contributed by atoms with Crippen molar-refractivity contribution in [2.45, 2.75) is 36.9 Å². The third-order valence-corrected chi connectivity index (χ3v) is 4.52. The molecule has 0 unspecified atom stereocenters. The second-order valence-electron chi connectivity index (χ2n) is 5.68. The molecule has 4 rings (SSSR count). The number of hydrogen-bond donors (Lipinski definition) is 0. The van der Waals surface area contributed by atoms with Gasteiger partial charge in [0.15, 0.2) is 0 Å². The van der Waals surface area contributed by atoms with Crippen molar-refractivity contribution in [1.82, 2.24) is 0 Å². The molecule has 17 heavy (non-hydrogen) atoms. The third-order valence-electron chi connectivity index (χ3n) is 4.52. The fourth-order valence-electron chi connectivity index (χ4n) is 3.78. The second-order valence-corrected chi connectivity index (χ2v) is 5.68. The lowest BCUT2D eigenvalue weighted by atomic mass is 9.23. The summed E-state index contributed by atoms with van der Waals surface area (Å²) in [7, 11) is 0. The van der Waals surface area contributed by atoms with Crippen molar-refractivity contribution in [3.8, 4) is 0 Å². The van der Waals surface area contributed by atoms with Crippen LogP contribution in [0.1, 0.15) is 30.4 Å². The van der Waals surface area contributed by atoms with E-state index < -0.39 is 17.7 Å². The minimum Gasteiger partial charge on any atom is -0.449 e. The molecule has 3 saturated carbocycles. The first-order valence-corrected chi connectivity index (χ1v) is 5.75. The quantitative estimate of drug-likeness (QED) is 0.540. The second kappa shape index (κ2) is 2.87. The summed E-state index contributed by atoms with van der Waals surface area (Å²) in [6.07, 6.45) is 0.266. The molecule has 0 heterocycles. The zero-order chi connectivity index (χ0) is 12.5. The summed E-state index contributed by atoms with van der Waals surface area (Å²) in [5.41, 5.74) is 0.766. The van der Waals surface area contributed by atoms with Gasteiger partial charge in [-0.3, -0.25) is 0 Å². The maximum absolute atomic E-state index is 13.7. The van der Waals surface area contributed by atoms with E-state index in [1.807, 2.05) is 0 Å². The first-order chi connectivity index (χ1) is 7.80. The number of hydrogen-bond acceptors (Lipinski definition) is 0. The van der Waals surface area contributed by atoms with Gasteiger partial charge in [-0.25, -0.2) is 4.39 Å². The SMILES string of the molecule is Cc1cccc(F)c1C12CC([B-](F)(F)F)(C1)C2. The van der Waals surface area contributed by atoms with Crippen LogP contribution in [0.5, 0.6) is 0 Å². The summed E-state index contributed by atoms with van der Waals surface area (Å²) in [5, 5.41) is -1.45. The van der Waals surface area contributed by atoms with E-state index in [0.717, 1.165) is 5.56 Å². The first-order valence-electron chi connectivity index (χ1n) is 5.75. The largest absolute Gasteiger partial charge is 0.484 e. The number of benzene rings is 1. The number of rotatable bonds is 2. The van der Waals surface area contributed by atoms with E-state index in [4.69, 9.17) is 0 Å². The maximum Gasteiger partial charge on any atom is 0.484 e. The molecule has 0 nitrogen and oxygen atoms in total. The van der Waals surface area contributed by atoms with Gasteiger partial charge in [-0.05, 0) is 29.5 Å². The van der Waals surface area contributed by atoms with Crippen LogP contribution in [0.3, 0.4) is 0 Å². The van der Waals surface area contributed by atoms with E-state index in [1.54, 1.807) is 19.1 Å². The molecule has 0 radical (unpaired) electrons. The highest BCUT2D eigenvalue weighted by Gasteiger charge is 2.74. The van der Waals surface area contributed by atoms with Gasteiger partial charge in [-0.15, -0.1) is 0 Å². The summed E-state index contributed by atoms with van der Waals surface area (Å²) in [6.45, 7) is -3.01. The Kier molecular flexibility index (Phi) is 1.88. The highest BCUT2D eigenvalue weighted by Crippen LogP contribution is 2.82. The van der Waals surface area contributed by atoms with Gasteiger partial charge in [0.25, 0.3) is 0 Å². The zero-order valence-electron chi connectivity index (χ0n) is 9.44. The predicted molar refractivity (Wildman–Crippen MR) is 58.4 cm³/mol. The smallest absolute Gasteiger partial charge is 0.449 e.